The molecule has 0 aromatic heterocycles. The van der Waals surface area contributed by atoms with Crippen LogP contribution in [0.4, 0.5) is 0 Å². The Morgan fingerprint density at radius 2 is 1.90 bits per heavy atom. The zero-order valence-corrected chi connectivity index (χ0v) is 12.9. The van der Waals surface area contributed by atoms with Gasteiger partial charge in [0.1, 0.15) is 5.78 Å². The molecule has 0 bridgehead atoms. The molecule has 0 heterocycles. The zero-order chi connectivity index (χ0) is 14.8. The molecule has 3 rings (SSSR count). The number of aryl methyl sites for hydroxylation is 3. The standard InChI is InChI=1S/C20H22O/c1-14-10-11-16(12-15(14)2)13-20(21)19-9-5-7-17-6-3-4-8-18(17)19/h3-4,6,8,10-12,19H,5,7,9,13H2,1-2H3. The molecule has 0 amide bonds. The fourth-order valence-corrected chi connectivity index (χ4v) is 3.33. The molecule has 0 saturated heterocycles. The Bertz CT molecular complexity index is 669. The van der Waals surface area contributed by atoms with E-state index in [4.69, 9.17) is 0 Å². The van der Waals surface area contributed by atoms with E-state index in [1.54, 1.807) is 0 Å². The van der Waals surface area contributed by atoms with Gasteiger partial charge in [0.25, 0.3) is 0 Å². The quantitative estimate of drug-likeness (QED) is 0.806. The average molecular weight is 278 g/mol. The third-order valence-electron chi connectivity index (χ3n) is 4.71. The molecular weight excluding hydrogens is 256 g/mol. The molecule has 0 N–H and O–H groups in total. The van der Waals surface area contributed by atoms with E-state index in [1.165, 1.54) is 22.3 Å². The molecule has 108 valence electrons. The lowest BCUT2D eigenvalue weighted by molar-refractivity contribution is -0.120. The summed E-state index contributed by atoms with van der Waals surface area (Å²) in [7, 11) is 0. The zero-order valence-electron chi connectivity index (χ0n) is 12.9. The van der Waals surface area contributed by atoms with E-state index in [-0.39, 0.29) is 5.92 Å². The number of carbonyl (C=O) groups excluding carboxylic acids is 1. The van der Waals surface area contributed by atoms with Crippen LogP contribution >= 0.6 is 0 Å². The minimum absolute atomic E-state index is 0.0940. The number of hydrogen-bond acceptors (Lipinski definition) is 1. The Kier molecular flexibility index (Phi) is 3.92. The number of benzene rings is 2. The number of fused-ring (bicyclic) bond motifs is 1. The number of Topliss-reactive ketones (excluding diaryl/α,β-unsaturated/α-hetero) is 1. The molecule has 0 radical (unpaired) electrons. The van der Waals surface area contributed by atoms with E-state index in [1.807, 2.05) is 0 Å². The number of carbonyl (C=O) groups is 1. The van der Waals surface area contributed by atoms with Gasteiger partial charge < -0.3 is 0 Å². The molecule has 0 saturated carbocycles. The van der Waals surface area contributed by atoms with Crippen LogP contribution in [0.5, 0.6) is 0 Å². The van der Waals surface area contributed by atoms with Crippen molar-refractivity contribution >= 4 is 5.78 Å². The van der Waals surface area contributed by atoms with Crippen LogP contribution in [0.2, 0.25) is 0 Å². The lowest BCUT2D eigenvalue weighted by atomic mass is 9.79. The van der Waals surface area contributed by atoms with Crippen LogP contribution in [0.1, 0.15) is 46.6 Å². The maximum atomic E-state index is 12.7. The van der Waals surface area contributed by atoms with Crippen molar-refractivity contribution in [1.82, 2.24) is 0 Å². The van der Waals surface area contributed by atoms with Crippen molar-refractivity contribution in [2.45, 2.75) is 45.4 Å². The van der Waals surface area contributed by atoms with Crippen molar-refractivity contribution in [2.24, 2.45) is 0 Å². The SMILES string of the molecule is Cc1ccc(CC(=O)C2CCCc3ccccc32)cc1C. The Morgan fingerprint density at radius 1 is 1.10 bits per heavy atom. The lowest BCUT2D eigenvalue weighted by Gasteiger charge is -2.24. The molecule has 0 spiro atoms. The maximum Gasteiger partial charge on any atom is 0.144 e. The van der Waals surface area contributed by atoms with Gasteiger partial charge in [0, 0.05) is 12.3 Å². The fourth-order valence-electron chi connectivity index (χ4n) is 3.33. The van der Waals surface area contributed by atoms with Crippen molar-refractivity contribution in [3.63, 3.8) is 0 Å². The molecule has 2 aromatic rings. The Morgan fingerprint density at radius 3 is 2.71 bits per heavy atom. The third kappa shape index (κ3) is 2.92. The van der Waals surface area contributed by atoms with Crippen molar-refractivity contribution in [3.8, 4) is 0 Å². The summed E-state index contributed by atoms with van der Waals surface area (Å²) < 4.78 is 0. The fraction of sp³-hybridized carbons (Fsp3) is 0.350. The second-order valence-electron chi connectivity index (χ2n) is 6.21. The molecule has 1 heteroatoms. The van der Waals surface area contributed by atoms with Gasteiger partial charge in [0.05, 0.1) is 0 Å². The molecule has 0 fully saturated rings. The predicted molar refractivity (Wildman–Crippen MR) is 86.7 cm³/mol. The summed E-state index contributed by atoms with van der Waals surface area (Å²) in [5.41, 5.74) is 6.32. The highest BCUT2D eigenvalue weighted by molar-refractivity contribution is 5.88. The van der Waals surface area contributed by atoms with Crippen LogP contribution in [-0.4, -0.2) is 5.78 Å². The summed E-state index contributed by atoms with van der Waals surface area (Å²) in [4.78, 5) is 12.7. The molecular formula is C20H22O. The summed E-state index contributed by atoms with van der Waals surface area (Å²) in [5.74, 6) is 0.460. The van der Waals surface area contributed by atoms with Gasteiger partial charge in [-0.25, -0.2) is 0 Å². The Labute approximate surface area is 127 Å². The first kappa shape index (κ1) is 14.1. The van der Waals surface area contributed by atoms with Crippen LogP contribution in [0.15, 0.2) is 42.5 Å². The van der Waals surface area contributed by atoms with Crippen molar-refractivity contribution in [3.05, 3.63) is 70.3 Å². The van der Waals surface area contributed by atoms with Gasteiger partial charge >= 0.3 is 0 Å². The van der Waals surface area contributed by atoms with Gasteiger partial charge in [-0.05, 0) is 60.9 Å². The van der Waals surface area contributed by atoms with Crippen molar-refractivity contribution in [2.75, 3.05) is 0 Å². The van der Waals surface area contributed by atoms with Crippen LogP contribution in [0.3, 0.4) is 0 Å². The van der Waals surface area contributed by atoms with Gasteiger partial charge in [-0.1, -0.05) is 42.5 Å². The molecule has 0 aliphatic heterocycles. The summed E-state index contributed by atoms with van der Waals surface area (Å²) >= 11 is 0. The highest BCUT2D eigenvalue weighted by Crippen LogP contribution is 2.32. The summed E-state index contributed by atoms with van der Waals surface area (Å²) in [6.45, 7) is 4.22. The van der Waals surface area contributed by atoms with E-state index in [0.29, 0.717) is 12.2 Å². The first-order valence-corrected chi connectivity index (χ1v) is 7.82. The highest BCUT2D eigenvalue weighted by atomic mass is 16.1. The first-order valence-electron chi connectivity index (χ1n) is 7.82. The van der Waals surface area contributed by atoms with E-state index in [0.717, 1.165) is 24.8 Å². The number of hydrogen-bond donors (Lipinski definition) is 0. The van der Waals surface area contributed by atoms with Gasteiger partial charge in [0.15, 0.2) is 0 Å². The largest absolute Gasteiger partial charge is 0.299 e. The minimum atomic E-state index is 0.0940. The second kappa shape index (κ2) is 5.85. The van der Waals surface area contributed by atoms with E-state index >= 15 is 0 Å². The lowest BCUT2D eigenvalue weighted by Crippen LogP contribution is -2.20. The summed E-state index contributed by atoms with van der Waals surface area (Å²) in [6.07, 6.45) is 3.80. The number of rotatable bonds is 3. The van der Waals surface area contributed by atoms with Crippen molar-refractivity contribution in [1.29, 1.82) is 0 Å². The maximum absolute atomic E-state index is 12.7. The summed E-state index contributed by atoms with van der Waals surface area (Å²) in [6, 6.07) is 14.8. The average Bonchev–Trinajstić information content (AvgIpc) is 2.50. The topological polar surface area (TPSA) is 17.1 Å². The van der Waals surface area contributed by atoms with Gasteiger partial charge in [-0.15, -0.1) is 0 Å². The predicted octanol–water partition coefficient (Wildman–Crippen LogP) is 4.54. The van der Waals surface area contributed by atoms with E-state index < -0.39 is 0 Å². The molecule has 1 aliphatic rings. The minimum Gasteiger partial charge on any atom is -0.299 e. The smallest absolute Gasteiger partial charge is 0.144 e. The van der Waals surface area contributed by atoms with E-state index in [2.05, 4.69) is 56.3 Å². The molecule has 2 aromatic carbocycles. The third-order valence-corrected chi connectivity index (χ3v) is 4.71. The van der Waals surface area contributed by atoms with Gasteiger partial charge in [0.2, 0.25) is 0 Å². The van der Waals surface area contributed by atoms with Crippen LogP contribution in [0, 0.1) is 13.8 Å². The molecule has 21 heavy (non-hydrogen) atoms. The van der Waals surface area contributed by atoms with Gasteiger partial charge in [-0.2, -0.15) is 0 Å². The van der Waals surface area contributed by atoms with E-state index in [9.17, 15) is 4.79 Å². The monoisotopic (exact) mass is 278 g/mol. The highest BCUT2D eigenvalue weighted by Gasteiger charge is 2.25. The molecule has 1 aliphatic carbocycles. The molecule has 1 atom stereocenters. The van der Waals surface area contributed by atoms with Crippen LogP contribution < -0.4 is 0 Å². The van der Waals surface area contributed by atoms with Crippen LogP contribution in [-0.2, 0) is 17.6 Å². The number of ketones is 1. The normalized spacial score (nSPS) is 17.3. The van der Waals surface area contributed by atoms with Crippen molar-refractivity contribution < 1.29 is 4.79 Å². The second-order valence-corrected chi connectivity index (χ2v) is 6.21. The Hall–Kier alpha value is -1.89. The Balaban J connectivity index is 1.81. The first-order chi connectivity index (χ1) is 10.1. The molecule has 1 unspecified atom stereocenters. The molecule has 1 nitrogen and oxygen atoms in total. The van der Waals surface area contributed by atoms with Gasteiger partial charge in [-0.3, -0.25) is 4.79 Å². The summed E-state index contributed by atoms with van der Waals surface area (Å²) in [5, 5.41) is 0. The van der Waals surface area contributed by atoms with Crippen LogP contribution in [0.25, 0.3) is 0 Å².